The smallest absolute Gasteiger partial charge is 0.318 e. The number of halogens is 1. The number of benzene rings is 1. The molecule has 2 rings (SSSR count). The average molecular weight is 298 g/mol. The number of hydrogen-bond acceptors (Lipinski definition) is 4. The van der Waals surface area contributed by atoms with Crippen molar-refractivity contribution in [3.63, 3.8) is 0 Å². The fourth-order valence-corrected chi connectivity index (χ4v) is 1.90. The van der Waals surface area contributed by atoms with Crippen LogP contribution in [0.2, 0.25) is 5.02 Å². The minimum absolute atomic E-state index is 0.317. The normalized spacial score (nSPS) is 13.8. The second-order valence-corrected chi connectivity index (χ2v) is 5.03. The summed E-state index contributed by atoms with van der Waals surface area (Å²) in [6.45, 7) is 0.440. The maximum absolute atomic E-state index is 11.2. The molecule has 1 aliphatic carbocycles. The molecule has 6 nitrogen and oxygen atoms in total. The molecule has 0 spiro atoms. The third kappa shape index (κ3) is 4.71. The van der Waals surface area contributed by atoms with Crippen LogP contribution in [-0.2, 0) is 11.3 Å². The number of hydrogen-bond donors (Lipinski definition) is 3. The molecular formula is C13H16ClN3O3. The van der Waals surface area contributed by atoms with Crippen molar-refractivity contribution >= 4 is 23.5 Å². The lowest BCUT2D eigenvalue weighted by Crippen LogP contribution is -2.38. The van der Waals surface area contributed by atoms with Gasteiger partial charge >= 0.3 is 6.03 Å². The SMILES string of the molecule is NC(=O)NC(=O)COc1ccc(CNC2CC2)cc1Cl. The number of amides is 3. The van der Waals surface area contributed by atoms with Gasteiger partial charge in [0.25, 0.3) is 5.91 Å². The summed E-state index contributed by atoms with van der Waals surface area (Å²) in [5.41, 5.74) is 5.87. The van der Waals surface area contributed by atoms with Crippen molar-refractivity contribution in [2.45, 2.75) is 25.4 Å². The van der Waals surface area contributed by atoms with Gasteiger partial charge in [-0.25, -0.2) is 4.79 Å². The van der Waals surface area contributed by atoms with E-state index in [1.54, 1.807) is 12.1 Å². The summed E-state index contributed by atoms with van der Waals surface area (Å²) in [5, 5.41) is 5.70. The Morgan fingerprint density at radius 3 is 2.75 bits per heavy atom. The predicted molar refractivity (Wildman–Crippen MR) is 74.5 cm³/mol. The molecule has 1 saturated carbocycles. The lowest BCUT2D eigenvalue weighted by Gasteiger charge is -2.09. The number of nitrogens with one attached hydrogen (secondary N) is 2. The Hall–Kier alpha value is -1.79. The highest BCUT2D eigenvalue weighted by Crippen LogP contribution is 2.26. The monoisotopic (exact) mass is 297 g/mol. The lowest BCUT2D eigenvalue weighted by molar-refractivity contribution is -0.121. The van der Waals surface area contributed by atoms with Crippen LogP contribution < -0.4 is 21.1 Å². The molecular weight excluding hydrogens is 282 g/mol. The molecule has 1 fully saturated rings. The highest BCUT2D eigenvalue weighted by atomic mass is 35.5. The fourth-order valence-electron chi connectivity index (χ4n) is 1.64. The van der Waals surface area contributed by atoms with Crippen molar-refractivity contribution in [2.24, 2.45) is 5.73 Å². The number of ether oxygens (including phenoxy) is 1. The zero-order valence-corrected chi connectivity index (χ0v) is 11.6. The Morgan fingerprint density at radius 2 is 2.15 bits per heavy atom. The van der Waals surface area contributed by atoms with Crippen molar-refractivity contribution in [1.82, 2.24) is 10.6 Å². The van der Waals surface area contributed by atoms with E-state index in [1.165, 1.54) is 12.8 Å². The molecule has 0 atom stereocenters. The molecule has 0 saturated heterocycles. The van der Waals surface area contributed by atoms with E-state index in [9.17, 15) is 9.59 Å². The van der Waals surface area contributed by atoms with Crippen LogP contribution in [-0.4, -0.2) is 24.6 Å². The molecule has 0 bridgehead atoms. The van der Waals surface area contributed by atoms with E-state index in [0.717, 1.165) is 12.1 Å². The molecule has 0 aliphatic heterocycles. The summed E-state index contributed by atoms with van der Waals surface area (Å²) >= 11 is 6.07. The number of rotatable bonds is 6. The van der Waals surface area contributed by atoms with Crippen LogP contribution >= 0.6 is 11.6 Å². The van der Waals surface area contributed by atoms with Crippen LogP contribution in [0.25, 0.3) is 0 Å². The van der Waals surface area contributed by atoms with Gasteiger partial charge in [-0.15, -0.1) is 0 Å². The second-order valence-electron chi connectivity index (χ2n) is 4.62. The Kier molecular flexibility index (Phi) is 4.81. The van der Waals surface area contributed by atoms with E-state index >= 15 is 0 Å². The first kappa shape index (κ1) is 14.6. The molecule has 7 heteroatoms. The van der Waals surface area contributed by atoms with Crippen LogP contribution in [0.1, 0.15) is 18.4 Å². The van der Waals surface area contributed by atoms with Crippen LogP contribution in [0.5, 0.6) is 5.75 Å². The Morgan fingerprint density at radius 1 is 1.40 bits per heavy atom. The van der Waals surface area contributed by atoms with Gasteiger partial charge in [0.1, 0.15) is 5.75 Å². The lowest BCUT2D eigenvalue weighted by atomic mass is 10.2. The van der Waals surface area contributed by atoms with Crippen LogP contribution in [0, 0.1) is 0 Å². The van der Waals surface area contributed by atoms with Gasteiger partial charge in [0, 0.05) is 12.6 Å². The van der Waals surface area contributed by atoms with E-state index in [4.69, 9.17) is 22.1 Å². The topological polar surface area (TPSA) is 93.5 Å². The molecule has 1 aromatic carbocycles. The first-order valence-electron chi connectivity index (χ1n) is 6.28. The molecule has 108 valence electrons. The zero-order chi connectivity index (χ0) is 14.5. The largest absolute Gasteiger partial charge is 0.482 e. The number of carbonyl (C=O) groups excluding carboxylic acids is 2. The molecule has 1 aromatic rings. The van der Waals surface area contributed by atoms with Gasteiger partial charge < -0.3 is 15.8 Å². The van der Waals surface area contributed by atoms with Gasteiger partial charge in [-0.2, -0.15) is 0 Å². The van der Waals surface area contributed by atoms with Crippen molar-refractivity contribution in [3.8, 4) is 5.75 Å². The molecule has 0 unspecified atom stereocenters. The minimum Gasteiger partial charge on any atom is -0.482 e. The maximum atomic E-state index is 11.2. The summed E-state index contributed by atoms with van der Waals surface area (Å²) in [7, 11) is 0. The van der Waals surface area contributed by atoms with Crippen molar-refractivity contribution in [3.05, 3.63) is 28.8 Å². The van der Waals surface area contributed by atoms with Crippen LogP contribution in [0.4, 0.5) is 4.79 Å². The standard InChI is InChI=1S/C13H16ClN3O3/c14-10-5-8(6-16-9-2-3-9)1-4-11(10)20-7-12(18)17-13(15)19/h1,4-5,9,16H,2-3,6-7H2,(H3,15,17,18,19). The summed E-state index contributed by atoms with van der Waals surface area (Å²) in [6.07, 6.45) is 2.45. The summed E-state index contributed by atoms with van der Waals surface area (Å²) in [4.78, 5) is 21.7. The molecule has 1 aliphatic rings. The van der Waals surface area contributed by atoms with Gasteiger partial charge in [0.05, 0.1) is 5.02 Å². The Balaban J connectivity index is 1.84. The highest BCUT2D eigenvalue weighted by Gasteiger charge is 2.20. The van der Waals surface area contributed by atoms with E-state index in [1.807, 2.05) is 11.4 Å². The average Bonchev–Trinajstić information content (AvgIpc) is 3.18. The zero-order valence-electron chi connectivity index (χ0n) is 10.8. The van der Waals surface area contributed by atoms with Gasteiger partial charge in [0.15, 0.2) is 6.61 Å². The molecule has 0 aromatic heterocycles. The molecule has 4 N–H and O–H groups in total. The van der Waals surface area contributed by atoms with E-state index in [0.29, 0.717) is 16.8 Å². The summed E-state index contributed by atoms with van der Waals surface area (Å²) in [5.74, 6) is -0.227. The molecule has 0 heterocycles. The molecule has 0 radical (unpaired) electrons. The second kappa shape index (κ2) is 6.58. The van der Waals surface area contributed by atoms with Crippen molar-refractivity contribution < 1.29 is 14.3 Å². The van der Waals surface area contributed by atoms with Gasteiger partial charge in [-0.1, -0.05) is 17.7 Å². The third-order valence-electron chi connectivity index (χ3n) is 2.79. The summed E-state index contributed by atoms with van der Waals surface area (Å²) in [6, 6.07) is 5.08. The number of carbonyl (C=O) groups is 2. The molecule has 3 amide bonds. The molecule has 20 heavy (non-hydrogen) atoms. The van der Waals surface area contributed by atoms with Gasteiger partial charge in [-0.3, -0.25) is 10.1 Å². The van der Waals surface area contributed by atoms with Gasteiger partial charge in [-0.05, 0) is 30.5 Å². The van der Waals surface area contributed by atoms with E-state index < -0.39 is 11.9 Å². The van der Waals surface area contributed by atoms with Crippen LogP contribution in [0.15, 0.2) is 18.2 Å². The quantitative estimate of drug-likeness (QED) is 0.734. The Bertz CT molecular complexity index is 518. The van der Waals surface area contributed by atoms with Gasteiger partial charge in [0.2, 0.25) is 0 Å². The third-order valence-corrected chi connectivity index (χ3v) is 3.09. The maximum Gasteiger partial charge on any atom is 0.318 e. The Labute approximate surface area is 121 Å². The van der Waals surface area contributed by atoms with Crippen molar-refractivity contribution in [1.29, 1.82) is 0 Å². The first-order chi connectivity index (χ1) is 9.54. The number of imide groups is 1. The van der Waals surface area contributed by atoms with Crippen LogP contribution in [0.3, 0.4) is 0 Å². The van der Waals surface area contributed by atoms with Crippen molar-refractivity contribution in [2.75, 3.05) is 6.61 Å². The van der Waals surface area contributed by atoms with E-state index in [-0.39, 0.29) is 6.61 Å². The number of nitrogens with two attached hydrogens (primary N) is 1. The highest BCUT2D eigenvalue weighted by molar-refractivity contribution is 6.32. The minimum atomic E-state index is -0.911. The first-order valence-corrected chi connectivity index (χ1v) is 6.66. The number of urea groups is 1. The summed E-state index contributed by atoms with van der Waals surface area (Å²) < 4.78 is 5.22. The predicted octanol–water partition coefficient (Wildman–Crippen LogP) is 1.17. The number of primary amides is 1. The fraction of sp³-hybridized carbons (Fsp3) is 0.385. The van der Waals surface area contributed by atoms with E-state index in [2.05, 4.69) is 5.32 Å².